The number of morpholine rings is 1. The largest absolute Gasteiger partial charge is 0.622 e. The first-order valence-electron chi connectivity index (χ1n) is 7.45. The lowest BCUT2D eigenvalue weighted by molar-refractivity contribution is -0.808. The van der Waals surface area contributed by atoms with Crippen LogP contribution in [0.2, 0.25) is 0 Å². The Balaban J connectivity index is 1.78. The maximum absolute atomic E-state index is 12.9. The molecule has 0 saturated carbocycles. The van der Waals surface area contributed by atoms with Crippen molar-refractivity contribution in [3.8, 4) is 0 Å². The Kier molecular flexibility index (Phi) is 2.78. The average Bonchev–Trinajstić information content (AvgIpc) is 2.99. The van der Waals surface area contributed by atoms with E-state index in [4.69, 9.17) is 4.74 Å². The molecule has 1 N–H and O–H groups in total. The molecule has 3 aliphatic rings. The second-order valence-electron chi connectivity index (χ2n) is 6.32. The zero-order valence-electron chi connectivity index (χ0n) is 12.3. The van der Waals surface area contributed by atoms with Crippen LogP contribution in [0.15, 0.2) is 4.63 Å². The Morgan fingerprint density at radius 1 is 1.27 bits per heavy atom. The number of fused-ring (bicyclic) bond motifs is 3. The number of aliphatic hydroxyl groups is 1. The molecule has 1 saturated heterocycles. The summed E-state index contributed by atoms with van der Waals surface area (Å²) in [4.78, 5) is 2.35. The molecule has 2 aliphatic heterocycles. The third-order valence-electron chi connectivity index (χ3n) is 5.13. The van der Waals surface area contributed by atoms with Crippen LogP contribution in [0.1, 0.15) is 31.2 Å². The fourth-order valence-electron chi connectivity index (χ4n) is 3.96. The van der Waals surface area contributed by atoms with Crippen LogP contribution in [-0.2, 0) is 16.8 Å². The SMILES string of the molecule is C[C@]1(N2CCOCC2)C[C@]2(O)C(=[N+]1[O-])CCc1c2no[n+]1[O-]. The molecule has 1 aliphatic carbocycles. The smallest absolute Gasteiger partial charge is 0.263 e. The van der Waals surface area contributed by atoms with Crippen LogP contribution in [-0.4, -0.2) is 57.6 Å². The molecule has 2 atom stereocenters. The molecule has 0 unspecified atom stereocenters. The fraction of sp³-hybridized carbons (Fsp3) is 0.769. The summed E-state index contributed by atoms with van der Waals surface area (Å²) in [5, 5.41) is 39.3. The molecule has 0 aromatic carbocycles. The van der Waals surface area contributed by atoms with Gasteiger partial charge in [0.05, 0.1) is 19.6 Å². The monoisotopic (exact) mass is 310 g/mol. The lowest BCUT2D eigenvalue weighted by Gasteiger charge is -2.38. The number of aromatic nitrogens is 2. The lowest BCUT2D eigenvalue weighted by atomic mass is 9.81. The normalized spacial score (nSPS) is 35.5. The highest BCUT2D eigenvalue weighted by Gasteiger charge is 2.65. The predicted molar refractivity (Wildman–Crippen MR) is 71.7 cm³/mol. The van der Waals surface area contributed by atoms with Gasteiger partial charge in [-0.05, 0) is 4.90 Å². The third kappa shape index (κ3) is 1.61. The summed E-state index contributed by atoms with van der Waals surface area (Å²) in [5.41, 5.74) is -1.54. The second-order valence-corrected chi connectivity index (χ2v) is 6.32. The van der Waals surface area contributed by atoms with Gasteiger partial charge in [-0.1, -0.05) is 0 Å². The number of hydrogen-bond donors (Lipinski definition) is 1. The van der Waals surface area contributed by atoms with Gasteiger partial charge in [0.1, 0.15) is 0 Å². The van der Waals surface area contributed by atoms with Crippen molar-refractivity contribution in [3.63, 3.8) is 0 Å². The minimum Gasteiger partial charge on any atom is -0.622 e. The van der Waals surface area contributed by atoms with Gasteiger partial charge in [0.2, 0.25) is 22.7 Å². The van der Waals surface area contributed by atoms with E-state index in [1.54, 1.807) is 0 Å². The molecule has 0 amide bonds. The third-order valence-corrected chi connectivity index (χ3v) is 5.13. The van der Waals surface area contributed by atoms with Gasteiger partial charge in [0, 0.05) is 38.0 Å². The number of nitrogens with zero attached hydrogens (tertiary/aromatic N) is 4. The van der Waals surface area contributed by atoms with Gasteiger partial charge in [-0.3, -0.25) is 4.63 Å². The molecule has 1 aromatic rings. The van der Waals surface area contributed by atoms with Crippen LogP contribution < -0.4 is 4.90 Å². The maximum Gasteiger partial charge on any atom is 0.263 e. The molecule has 4 rings (SSSR count). The first kappa shape index (κ1) is 13.9. The van der Waals surface area contributed by atoms with Crippen LogP contribution in [0.5, 0.6) is 0 Å². The fourth-order valence-corrected chi connectivity index (χ4v) is 3.96. The topological polar surface area (TPSA) is 112 Å². The van der Waals surface area contributed by atoms with Gasteiger partial charge in [0.25, 0.3) is 5.69 Å². The summed E-state index contributed by atoms with van der Waals surface area (Å²) in [5.74, 6) is 0. The summed E-state index contributed by atoms with van der Waals surface area (Å²) < 4.78 is 10.9. The Morgan fingerprint density at radius 2 is 2.00 bits per heavy atom. The van der Waals surface area contributed by atoms with Gasteiger partial charge in [-0.15, -0.1) is 0 Å². The van der Waals surface area contributed by atoms with Crippen molar-refractivity contribution in [2.45, 2.75) is 37.5 Å². The summed E-state index contributed by atoms with van der Waals surface area (Å²) in [6, 6.07) is 0. The van der Waals surface area contributed by atoms with E-state index in [2.05, 4.69) is 9.79 Å². The molecule has 1 aromatic heterocycles. The Bertz CT molecular complexity index is 653. The van der Waals surface area contributed by atoms with Crippen molar-refractivity contribution in [1.29, 1.82) is 0 Å². The quantitative estimate of drug-likeness (QED) is 0.514. The van der Waals surface area contributed by atoms with Crippen molar-refractivity contribution < 1.29 is 24.1 Å². The first-order valence-corrected chi connectivity index (χ1v) is 7.45. The summed E-state index contributed by atoms with van der Waals surface area (Å²) in [6.07, 6.45) is 0.840. The first-order chi connectivity index (χ1) is 10.5. The highest BCUT2D eigenvalue weighted by Crippen LogP contribution is 2.45. The Morgan fingerprint density at radius 3 is 2.73 bits per heavy atom. The van der Waals surface area contributed by atoms with E-state index in [1.807, 2.05) is 11.8 Å². The zero-order valence-corrected chi connectivity index (χ0v) is 12.3. The molecule has 0 spiro atoms. The van der Waals surface area contributed by atoms with Crippen LogP contribution in [0, 0.1) is 10.4 Å². The predicted octanol–water partition coefficient (Wildman–Crippen LogP) is -1.15. The van der Waals surface area contributed by atoms with Crippen molar-refractivity contribution in [1.82, 2.24) is 10.1 Å². The molecule has 1 fully saturated rings. The molecular formula is C13H18N4O5. The van der Waals surface area contributed by atoms with Gasteiger partial charge in [0.15, 0.2) is 0 Å². The van der Waals surface area contributed by atoms with Crippen molar-refractivity contribution in [2.75, 3.05) is 26.3 Å². The van der Waals surface area contributed by atoms with E-state index in [-0.39, 0.29) is 12.1 Å². The van der Waals surface area contributed by atoms with E-state index >= 15 is 0 Å². The molecule has 120 valence electrons. The number of ether oxygens (including phenoxy) is 1. The Hall–Kier alpha value is -1.71. The molecule has 3 heterocycles. The minimum absolute atomic E-state index is 0.165. The van der Waals surface area contributed by atoms with E-state index < -0.39 is 11.3 Å². The number of hydrogen-bond acceptors (Lipinski definition) is 7. The van der Waals surface area contributed by atoms with Crippen molar-refractivity contribution >= 4 is 5.71 Å². The summed E-state index contributed by atoms with van der Waals surface area (Å²) in [7, 11) is 0. The van der Waals surface area contributed by atoms with Crippen molar-refractivity contribution in [3.05, 3.63) is 21.8 Å². The zero-order chi connectivity index (χ0) is 15.5. The summed E-state index contributed by atoms with van der Waals surface area (Å²) >= 11 is 0. The van der Waals surface area contributed by atoms with Gasteiger partial charge in [-0.25, -0.2) is 4.90 Å². The number of hydroxylamine groups is 1. The molecule has 0 bridgehead atoms. The molecule has 22 heavy (non-hydrogen) atoms. The minimum atomic E-state index is -1.53. The Labute approximate surface area is 126 Å². The van der Waals surface area contributed by atoms with E-state index in [1.165, 1.54) is 0 Å². The van der Waals surface area contributed by atoms with Crippen LogP contribution >= 0.6 is 0 Å². The molecular weight excluding hydrogens is 292 g/mol. The van der Waals surface area contributed by atoms with Crippen LogP contribution in [0.4, 0.5) is 0 Å². The van der Waals surface area contributed by atoms with Gasteiger partial charge < -0.3 is 20.3 Å². The van der Waals surface area contributed by atoms with Crippen molar-refractivity contribution in [2.24, 2.45) is 0 Å². The lowest BCUT2D eigenvalue weighted by Crippen LogP contribution is -2.55. The maximum atomic E-state index is 12.9. The summed E-state index contributed by atoms with van der Waals surface area (Å²) in [6.45, 7) is 4.21. The van der Waals surface area contributed by atoms with E-state index in [0.29, 0.717) is 55.5 Å². The van der Waals surface area contributed by atoms with Crippen LogP contribution in [0.25, 0.3) is 0 Å². The van der Waals surface area contributed by atoms with Gasteiger partial charge >= 0.3 is 0 Å². The second kappa shape index (κ2) is 4.40. The van der Waals surface area contributed by atoms with E-state index in [0.717, 1.165) is 4.74 Å². The van der Waals surface area contributed by atoms with E-state index in [9.17, 15) is 15.5 Å². The molecule has 9 nitrogen and oxygen atoms in total. The molecule has 9 heteroatoms. The van der Waals surface area contributed by atoms with Crippen LogP contribution in [0.3, 0.4) is 0 Å². The highest BCUT2D eigenvalue weighted by molar-refractivity contribution is 5.92. The standard InChI is InChI=1S/C13H18N4O5/c1-12(15-4-6-21-7-5-15)8-13(18)10(16(12)19)3-2-9-11(13)14-22-17(9)20/h18H,2-8H2,1H3/t12-,13+/m1/s1. The molecule has 0 radical (unpaired) electrons. The van der Waals surface area contributed by atoms with Gasteiger partial charge in [-0.2, -0.15) is 4.74 Å². The average molecular weight is 310 g/mol. The highest BCUT2D eigenvalue weighted by atomic mass is 16.8. The number of rotatable bonds is 1.